The third-order valence-electron chi connectivity index (χ3n) is 4.15. The number of halogens is 1. The Morgan fingerprint density at radius 3 is 2.30 bits per heavy atom. The number of guanidine groups is 1. The predicted molar refractivity (Wildman–Crippen MR) is 123 cm³/mol. The van der Waals surface area contributed by atoms with Gasteiger partial charge in [0.05, 0.1) is 5.69 Å². The Balaban J connectivity index is 0.00000261. The SMILES string of the molecule is CN=C(NCc1ccc(C)cc1)NCc1cccc(-c2ccccn2)c1.I. The summed E-state index contributed by atoms with van der Waals surface area (Å²) >= 11 is 0. The second-order valence-corrected chi connectivity index (χ2v) is 6.18. The zero-order valence-corrected chi connectivity index (χ0v) is 18.0. The second kappa shape index (κ2) is 10.7. The van der Waals surface area contributed by atoms with Gasteiger partial charge >= 0.3 is 0 Å². The molecule has 0 spiro atoms. The lowest BCUT2D eigenvalue weighted by molar-refractivity contribution is 0.809. The van der Waals surface area contributed by atoms with E-state index < -0.39 is 0 Å². The number of hydrogen-bond acceptors (Lipinski definition) is 2. The fourth-order valence-corrected chi connectivity index (χ4v) is 2.67. The Bertz CT molecular complexity index is 861. The van der Waals surface area contributed by atoms with Crippen LogP contribution in [0.15, 0.2) is 77.9 Å². The molecule has 0 atom stereocenters. The highest BCUT2D eigenvalue weighted by Gasteiger charge is 2.02. The first-order valence-corrected chi connectivity index (χ1v) is 8.75. The van der Waals surface area contributed by atoms with Gasteiger partial charge in [-0.2, -0.15) is 0 Å². The summed E-state index contributed by atoms with van der Waals surface area (Å²) in [6.45, 7) is 3.54. The van der Waals surface area contributed by atoms with Gasteiger partial charge in [0.15, 0.2) is 5.96 Å². The van der Waals surface area contributed by atoms with Crippen molar-refractivity contribution in [1.29, 1.82) is 0 Å². The molecule has 3 aromatic rings. The average Bonchev–Trinajstić information content (AvgIpc) is 2.70. The van der Waals surface area contributed by atoms with Crippen LogP contribution in [0.2, 0.25) is 0 Å². The molecule has 1 aromatic heterocycles. The van der Waals surface area contributed by atoms with Gasteiger partial charge in [0.25, 0.3) is 0 Å². The number of nitrogens with one attached hydrogen (secondary N) is 2. The topological polar surface area (TPSA) is 49.3 Å². The van der Waals surface area contributed by atoms with Crippen molar-refractivity contribution in [2.45, 2.75) is 20.0 Å². The molecule has 1 heterocycles. The lowest BCUT2D eigenvalue weighted by atomic mass is 10.1. The van der Waals surface area contributed by atoms with Crippen molar-refractivity contribution >= 4 is 29.9 Å². The Morgan fingerprint density at radius 1 is 0.889 bits per heavy atom. The first-order valence-electron chi connectivity index (χ1n) is 8.75. The molecule has 0 aliphatic rings. The number of hydrogen-bond donors (Lipinski definition) is 2. The van der Waals surface area contributed by atoms with E-state index in [0.29, 0.717) is 6.54 Å². The second-order valence-electron chi connectivity index (χ2n) is 6.18. The maximum atomic E-state index is 4.41. The van der Waals surface area contributed by atoms with Crippen molar-refractivity contribution in [3.05, 3.63) is 89.6 Å². The van der Waals surface area contributed by atoms with Crippen molar-refractivity contribution in [1.82, 2.24) is 15.6 Å². The van der Waals surface area contributed by atoms with Crippen LogP contribution in [-0.2, 0) is 13.1 Å². The third-order valence-corrected chi connectivity index (χ3v) is 4.15. The zero-order chi connectivity index (χ0) is 18.2. The number of aliphatic imine (C=N–C) groups is 1. The summed E-state index contributed by atoms with van der Waals surface area (Å²) in [4.78, 5) is 8.71. The zero-order valence-electron chi connectivity index (χ0n) is 15.6. The summed E-state index contributed by atoms with van der Waals surface area (Å²) in [6.07, 6.45) is 1.82. The van der Waals surface area contributed by atoms with Crippen LogP contribution in [0.4, 0.5) is 0 Å². The summed E-state index contributed by atoms with van der Waals surface area (Å²) in [6, 6.07) is 22.9. The number of aryl methyl sites for hydroxylation is 1. The summed E-state index contributed by atoms with van der Waals surface area (Å²) in [5.41, 5.74) is 5.79. The molecule has 5 heteroatoms. The molecule has 2 N–H and O–H groups in total. The quantitative estimate of drug-likeness (QED) is 0.326. The van der Waals surface area contributed by atoms with Crippen molar-refractivity contribution in [2.24, 2.45) is 4.99 Å². The van der Waals surface area contributed by atoms with Gasteiger partial charge in [-0.3, -0.25) is 9.98 Å². The van der Waals surface area contributed by atoms with E-state index in [9.17, 15) is 0 Å². The molecular weight excluding hydrogens is 447 g/mol. The van der Waals surface area contributed by atoms with Gasteiger partial charge < -0.3 is 10.6 Å². The normalized spacial score (nSPS) is 10.8. The molecule has 0 bridgehead atoms. The van der Waals surface area contributed by atoms with E-state index in [1.165, 1.54) is 16.7 Å². The molecule has 0 radical (unpaired) electrons. The largest absolute Gasteiger partial charge is 0.352 e. The van der Waals surface area contributed by atoms with Gasteiger partial charge in [0.1, 0.15) is 0 Å². The maximum absolute atomic E-state index is 4.41. The van der Waals surface area contributed by atoms with E-state index in [2.05, 4.69) is 76.1 Å². The van der Waals surface area contributed by atoms with E-state index in [-0.39, 0.29) is 24.0 Å². The first kappa shape index (κ1) is 20.9. The maximum Gasteiger partial charge on any atom is 0.191 e. The molecule has 0 fully saturated rings. The van der Waals surface area contributed by atoms with Crippen LogP contribution in [0.1, 0.15) is 16.7 Å². The van der Waals surface area contributed by atoms with Crippen LogP contribution in [0.3, 0.4) is 0 Å². The van der Waals surface area contributed by atoms with Crippen molar-refractivity contribution in [2.75, 3.05) is 7.05 Å². The summed E-state index contributed by atoms with van der Waals surface area (Å²) in [7, 11) is 1.79. The number of nitrogens with zero attached hydrogens (tertiary/aromatic N) is 2. The van der Waals surface area contributed by atoms with Crippen LogP contribution in [0.5, 0.6) is 0 Å². The van der Waals surface area contributed by atoms with E-state index in [1.807, 2.05) is 24.4 Å². The highest BCUT2D eigenvalue weighted by atomic mass is 127. The number of rotatable bonds is 5. The number of pyridine rings is 1. The molecule has 0 amide bonds. The fourth-order valence-electron chi connectivity index (χ4n) is 2.67. The molecule has 140 valence electrons. The Morgan fingerprint density at radius 2 is 1.63 bits per heavy atom. The van der Waals surface area contributed by atoms with E-state index in [4.69, 9.17) is 0 Å². The molecule has 0 aliphatic heterocycles. The lowest BCUT2D eigenvalue weighted by Gasteiger charge is -2.13. The smallest absolute Gasteiger partial charge is 0.191 e. The van der Waals surface area contributed by atoms with Crippen molar-refractivity contribution in [3.8, 4) is 11.3 Å². The summed E-state index contributed by atoms with van der Waals surface area (Å²) in [5.74, 6) is 0.786. The van der Waals surface area contributed by atoms with Crippen LogP contribution < -0.4 is 10.6 Å². The summed E-state index contributed by atoms with van der Waals surface area (Å²) < 4.78 is 0. The van der Waals surface area contributed by atoms with Gasteiger partial charge in [-0.25, -0.2) is 0 Å². The fraction of sp³-hybridized carbons (Fsp3) is 0.182. The van der Waals surface area contributed by atoms with Gasteiger partial charge in [-0.15, -0.1) is 24.0 Å². The van der Waals surface area contributed by atoms with Crippen molar-refractivity contribution < 1.29 is 0 Å². The van der Waals surface area contributed by atoms with Gasteiger partial charge in [-0.1, -0.05) is 54.1 Å². The molecule has 3 rings (SSSR count). The van der Waals surface area contributed by atoms with Crippen LogP contribution in [-0.4, -0.2) is 18.0 Å². The molecule has 0 unspecified atom stereocenters. The molecule has 2 aromatic carbocycles. The Labute approximate surface area is 178 Å². The average molecular weight is 472 g/mol. The predicted octanol–water partition coefficient (Wildman–Crippen LogP) is 4.54. The molecule has 0 saturated heterocycles. The number of benzene rings is 2. The first-order chi connectivity index (χ1) is 12.7. The van der Waals surface area contributed by atoms with Crippen molar-refractivity contribution in [3.63, 3.8) is 0 Å². The highest BCUT2D eigenvalue weighted by molar-refractivity contribution is 14.0. The van der Waals surface area contributed by atoms with Gasteiger partial charge in [-0.05, 0) is 36.2 Å². The van der Waals surface area contributed by atoms with Gasteiger partial charge in [0, 0.05) is 31.9 Å². The minimum atomic E-state index is 0. The number of aromatic nitrogens is 1. The van der Waals surface area contributed by atoms with E-state index >= 15 is 0 Å². The van der Waals surface area contributed by atoms with Crippen LogP contribution in [0.25, 0.3) is 11.3 Å². The standard InChI is InChI=1S/C22H24N4.HI/c1-17-9-11-18(12-10-17)15-25-22(23-2)26-16-19-6-5-7-20(14-19)21-8-3-4-13-24-21;/h3-14H,15-16H2,1-2H3,(H2,23,25,26);1H. The minimum Gasteiger partial charge on any atom is -0.352 e. The Hall–Kier alpha value is -2.41. The Kier molecular flexibility index (Phi) is 8.26. The minimum absolute atomic E-state index is 0. The lowest BCUT2D eigenvalue weighted by Crippen LogP contribution is -2.36. The summed E-state index contributed by atoms with van der Waals surface area (Å²) in [5, 5.41) is 6.71. The van der Waals surface area contributed by atoms with Gasteiger partial charge in [0.2, 0.25) is 0 Å². The van der Waals surface area contributed by atoms with Crippen LogP contribution in [0, 0.1) is 6.92 Å². The third kappa shape index (κ3) is 6.36. The molecule has 4 nitrogen and oxygen atoms in total. The molecular formula is C22H25IN4. The van der Waals surface area contributed by atoms with E-state index in [0.717, 1.165) is 23.8 Å². The van der Waals surface area contributed by atoms with Crippen LogP contribution >= 0.6 is 24.0 Å². The molecule has 0 saturated carbocycles. The highest BCUT2D eigenvalue weighted by Crippen LogP contribution is 2.17. The monoisotopic (exact) mass is 472 g/mol. The molecule has 0 aliphatic carbocycles. The van der Waals surface area contributed by atoms with E-state index in [1.54, 1.807) is 7.05 Å². The molecule has 27 heavy (non-hydrogen) atoms.